The van der Waals surface area contributed by atoms with Gasteiger partial charge in [0.25, 0.3) is 5.91 Å². The van der Waals surface area contributed by atoms with Crippen molar-refractivity contribution in [1.82, 2.24) is 10.2 Å². The van der Waals surface area contributed by atoms with Crippen molar-refractivity contribution in [2.75, 3.05) is 12.4 Å². The number of amides is 3. The van der Waals surface area contributed by atoms with Crippen LogP contribution in [0.15, 0.2) is 66.7 Å². The van der Waals surface area contributed by atoms with Gasteiger partial charge in [-0.05, 0) is 68.1 Å². The third-order valence-electron chi connectivity index (χ3n) is 5.81. The number of likely N-dealkylation sites (N-methyl/N-ethyl adjacent to an activating group) is 1. The van der Waals surface area contributed by atoms with Crippen LogP contribution in [0.25, 0.3) is 10.8 Å². The van der Waals surface area contributed by atoms with E-state index in [-0.39, 0.29) is 5.91 Å². The van der Waals surface area contributed by atoms with E-state index >= 15 is 0 Å². The average Bonchev–Trinajstić information content (AvgIpc) is 2.82. The van der Waals surface area contributed by atoms with E-state index in [1.807, 2.05) is 66.7 Å². The van der Waals surface area contributed by atoms with Gasteiger partial charge in [0.2, 0.25) is 5.91 Å². The molecule has 0 aliphatic heterocycles. The van der Waals surface area contributed by atoms with Crippen LogP contribution in [0.2, 0.25) is 0 Å². The maximum Gasteiger partial charge on any atom is 0.408 e. The summed E-state index contributed by atoms with van der Waals surface area (Å²) in [6, 6.07) is 19.4. The van der Waals surface area contributed by atoms with E-state index in [9.17, 15) is 14.4 Å². The van der Waals surface area contributed by atoms with E-state index < -0.39 is 29.7 Å². The first-order valence-electron chi connectivity index (χ1n) is 12.1. The highest BCUT2D eigenvalue weighted by Crippen LogP contribution is 2.25. The molecule has 0 aliphatic rings. The maximum atomic E-state index is 13.6. The largest absolute Gasteiger partial charge is 0.444 e. The van der Waals surface area contributed by atoms with Crippen LogP contribution in [-0.2, 0) is 20.7 Å². The number of rotatable bonds is 7. The van der Waals surface area contributed by atoms with Crippen molar-refractivity contribution in [3.05, 3.63) is 77.9 Å². The summed E-state index contributed by atoms with van der Waals surface area (Å²) in [5.41, 5.74) is 1.74. The van der Waals surface area contributed by atoms with E-state index in [0.717, 1.165) is 22.8 Å². The van der Waals surface area contributed by atoms with Gasteiger partial charge >= 0.3 is 6.09 Å². The monoisotopic (exact) mass is 489 g/mol. The number of anilines is 1. The van der Waals surface area contributed by atoms with Gasteiger partial charge in [-0.3, -0.25) is 9.59 Å². The Morgan fingerprint density at radius 3 is 2.19 bits per heavy atom. The van der Waals surface area contributed by atoms with Gasteiger partial charge in [0.05, 0.1) is 0 Å². The summed E-state index contributed by atoms with van der Waals surface area (Å²) in [6.07, 6.45) is 0.168. The SMILES string of the molecule is CCc1ccc(C(C(=O)Nc2ccc3ccccc3c2)N(C)C(=O)C(C)NC(=O)OC(C)(C)C)cc1. The molecule has 2 unspecified atom stereocenters. The summed E-state index contributed by atoms with van der Waals surface area (Å²) in [6.45, 7) is 8.87. The van der Waals surface area contributed by atoms with Crippen LogP contribution in [0.5, 0.6) is 0 Å². The lowest BCUT2D eigenvalue weighted by Gasteiger charge is -2.30. The van der Waals surface area contributed by atoms with E-state index in [2.05, 4.69) is 17.6 Å². The Morgan fingerprint density at radius 2 is 1.58 bits per heavy atom. The lowest BCUT2D eigenvalue weighted by Crippen LogP contribution is -2.49. The topological polar surface area (TPSA) is 87.7 Å². The van der Waals surface area contributed by atoms with Crippen molar-refractivity contribution in [1.29, 1.82) is 0 Å². The Morgan fingerprint density at radius 1 is 0.944 bits per heavy atom. The minimum absolute atomic E-state index is 0.352. The molecule has 0 saturated heterocycles. The van der Waals surface area contributed by atoms with Gasteiger partial charge in [-0.2, -0.15) is 0 Å². The Labute approximate surface area is 212 Å². The first-order chi connectivity index (χ1) is 17.0. The van der Waals surface area contributed by atoms with Gasteiger partial charge in [0.15, 0.2) is 0 Å². The second kappa shape index (κ2) is 11.2. The number of benzene rings is 3. The molecule has 0 spiro atoms. The van der Waals surface area contributed by atoms with Crippen molar-refractivity contribution in [2.24, 2.45) is 0 Å². The van der Waals surface area contributed by atoms with Crippen molar-refractivity contribution in [2.45, 2.75) is 58.7 Å². The second-order valence-corrected chi connectivity index (χ2v) is 9.87. The zero-order chi connectivity index (χ0) is 26.5. The van der Waals surface area contributed by atoms with E-state index in [1.54, 1.807) is 34.7 Å². The Bertz CT molecular complexity index is 1230. The van der Waals surface area contributed by atoms with Crippen molar-refractivity contribution >= 4 is 34.4 Å². The fourth-order valence-electron chi connectivity index (χ4n) is 3.94. The van der Waals surface area contributed by atoms with E-state index in [1.165, 1.54) is 4.90 Å². The molecule has 0 saturated carbocycles. The molecular weight excluding hydrogens is 454 g/mol. The summed E-state index contributed by atoms with van der Waals surface area (Å²) in [5, 5.41) is 7.59. The van der Waals surface area contributed by atoms with Crippen LogP contribution < -0.4 is 10.6 Å². The number of carbonyl (C=O) groups is 3. The minimum Gasteiger partial charge on any atom is -0.444 e. The fourth-order valence-corrected chi connectivity index (χ4v) is 3.94. The van der Waals surface area contributed by atoms with E-state index in [0.29, 0.717) is 11.3 Å². The first-order valence-corrected chi connectivity index (χ1v) is 12.1. The molecule has 0 fully saturated rings. The summed E-state index contributed by atoms with van der Waals surface area (Å²) < 4.78 is 5.27. The number of hydrogen-bond acceptors (Lipinski definition) is 4. The number of hydrogen-bond donors (Lipinski definition) is 2. The molecule has 0 bridgehead atoms. The average molecular weight is 490 g/mol. The number of fused-ring (bicyclic) bond motifs is 1. The Hall–Kier alpha value is -3.87. The van der Waals surface area contributed by atoms with Crippen molar-refractivity contribution in [3.63, 3.8) is 0 Å². The summed E-state index contributed by atoms with van der Waals surface area (Å²) in [4.78, 5) is 40.4. The molecule has 0 aromatic heterocycles. The summed E-state index contributed by atoms with van der Waals surface area (Å²) in [5.74, 6) is -0.770. The number of ether oxygens (including phenoxy) is 1. The normalized spacial score (nSPS) is 12.9. The summed E-state index contributed by atoms with van der Waals surface area (Å²) >= 11 is 0. The zero-order valence-corrected chi connectivity index (χ0v) is 21.8. The third kappa shape index (κ3) is 6.84. The highest BCUT2D eigenvalue weighted by atomic mass is 16.6. The Kier molecular flexibility index (Phi) is 8.35. The van der Waals surface area contributed by atoms with Crippen LogP contribution in [-0.4, -0.2) is 41.5 Å². The van der Waals surface area contributed by atoms with Crippen molar-refractivity contribution in [3.8, 4) is 0 Å². The van der Waals surface area contributed by atoms with Crippen molar-refractivity contribution < 1.29 is 19.1 Å². The van der Waals surface area contributed by atoms with Crippen LogP contribution in [0.1, 0.15) is 51.8 Å². The molecule has 3 aromatic rings. The molecule has 3 amide bonds. The predicted octanol–water partition coefficient (Wildman–Crippen LogP) is 5.45. The van der Waals surface area contributed by atoms with Crippen LogP contribution in [0, 0.1) is 0 Å². The smallest absolute Gasteiger partial charge is 0.408 e. The number of nitrogens with one attached hydrogen (secondary N) is 2. The molecule has 0 heterocycles. The number of alkyl carbamates (subject to hydrolysis) is 1. The number of aryl methyl sites for hydroxylation is 1. The molecule has 7 heteroatoms. The minimum atomic E-state index is -0.905. The molecule has 0 radical (unpaired) electrons. The van der Waals surface area contributed by atoms with Crippen LogP contribution in [0.3, 0.4) is 0 Å². The standard InChI is InChI=1S/C29H35N3O4/c1-7-20-12-14-22(15-13-20)25(32(6)27(34)19(2)30-28(35)36-29(3,4)5)26(33)31-24-17-16-21-10-8-9-11-23(21)18-24/h8-19,25H,7H2,1-6H3,(H,30,35)(H,31,33). The maximum absolute atomic E-state index is 13.6. The highest BCUT2D eigenvalue weighted by Gasteiger charge is 2.32. The molecule has 190 valence electrons. The van der Waals surface area contributed by atoms with Gasteiger partial charge < -0.3 is 20.3 Å². The lowest BCUT2D eigenvalue weighted by molar-refractivity contribution is -0.138. The highest BCUT2D eigenvalue weighted by molar-refractivity contribution is 6.00. The lowest BCUT2D eigenvalue weighted by atomic mass is 10.0. The second-order valence-electron chi connectivity index (χ2n) is 9.87. The quantitative estimate of drug-likeness (QED) is 0.462. The molecular formula is C29H35N3O4. The first kappa shape index (κ1) is 26.7. The third-order valence-corrected chi connectivity index (χ3v) is 5.81. The molecule has 3 rings (SSSR count). The molecule has 7 nitrogen and oxygen atoms in total. The molecule has 3 aromatic carbocycles. The predicted molar refractivity (Wildman–Crippen MR) is 143 cm³/mol. The molecule has 36 heavy (non-hydrogen) atoms. The summed E-state index contributed by atoms with van der Waals surface area (Å²) in [7, 11) is 1.56. The molecule has 0 aliphatic carbocycles. The van der Waals surface area contributed by atoms with Gasteiger partial charge in [-0.25, -0.2) is 4.79 Å². The van der Waals surface area contributed by atoms with Gasteiger partial charge in [0, 0.05) is 12.7 Å². The Balaban J connectivity index is 1.85. The van der Waals surface area contributed by atoms with Gasteiger partial charge in [0.1, 0.15) is 17.7 Å². The van der Waals surface area contributed by atoms with E-state index in [4.69, 9.17) is 4.74 Å². The van der Waals surface area contributed by atoms with Gasteiger partial charge in [-0.15, -0.1) is 0 Å². The number of nitrogens with zero attached hydrogens (tertiary/aromatic N) is 1. The molecule has 2 atom stereocenters. The number of carbonyl (C=O) groups excluding carboxylic acids is 3. The van der Waals surface area contributed by atoms with Crippen LogP contribution in [0.4, 0.5) is 10.5 Å². The molecule has 2 N–H and O–H groups in total. The van der Waals surface area contributed by atoms with Crippen LogP contribution >= 0.6 is 0 Å². The fraction of sp³-hybridized carbons (Fsp3) is 0.345. The zero-order valence-electron chi connectivity index (χ0n) is 21.8. The van der Waals surface area contributed by atoms with Gasteiger partial charge in [-0.1, -0.05) is 61.5 Å².